The number of amides is 4. The second kappa shape index (κ2) is 12.5. The standard InChI is InChI=1S/C28H41N5O4/c29-26(36)28(13-4-5-14-28)27(37)32-23(19-21-7-2-1-3-8-21)24(34)31-16-10-20-11-17-33(18-12-20)25(35)22-9-6-15-30-22/h1-3,7-8,20,22-23,30H,4-6,9-19H2,(H2,29,36)(H,31,34)(H,32,37)/t22?,23-/m1/s1. The highest BCUT2D eigenvalue weighted by atomic mass is 16.2. The number of carbonyl (C=O) groups is 4. The van der Waals surface area contributed by atoms with Crippen molar-refractivity contribution in [1.29, 1.82) is 0 Å². The first-order chi connectivity index (χ1) is 17.9. The average molecular weight is 512 g/mol. The molecule has 1 unspecified atom stereocenters. The predicted octanol–water partition coefficient (Wildman–Crippen LogP) is 1.26. The number of likely N-dealkylation sites (tertiary alicyclic amines) is 1. The fraction of sp³-hybridized carbons (Fsp3) is 0.643. The lowest BCUT2D eigenvalue weighted by Crippen LogP contribution is -2.55. The van der Waals surface area contributed by atoms with Crippen molar-refractivity contribution in [1.82, 2.24) is 20.9 Å². The van der Waals surface area contributed by atoms with Crippen molar-refractivity contribution in [2.45, 2.75) is 76.3 Å². The molecular weight excluding hydrogens is 470 g/mol. The SMILES string of the molecule is NC(=O)C1(C(=O)N[C@H](Cc2ccccc2)C(=O)NCCC2CCN(C(=O)C3CCCN3)CC2)CCCC1. The molecule has 2 saturated heterocycles. The number of piperidine rings is 1. The molecule has 9 nitrogen and oxygen atoms in total. The van der Waals surface area contributed by atoms with E-state index in [0.29, 0.717) is 31.7 Å². The lowest BCUT2D eigenvalue weighted by molar-refractivity contribution is -0.143. The van der Waals surface area contributed by atoms with E-state index in [1.54, 1.807) is 0 Å². The summed E-state index contributed by atoms with van der Waals surface area (Å²) in [6, 6.07) is 8.72. The van der Waals surface area contributed by atoms with Crippen LogP contribution in [-0.2, 0) is 25.6 Å². The Balaban J connectivity index is 1.29. The molecule has 0 spiro atoms. The van der Waals surface area contributed by atoms with Gasteiger partial charge in [-0.3, -0.25) is 19.2 Å². The number of hydrogen-bond donors (Lipinski definition) is 4. The molecule has 37 heavy (non-hydrogen) atoms. The number of carbonyl (C=O) groups excluding carboxylic acids is 4. The van der Waals surface area contributed by atoms with Crippen LogP contribution in [-0.4, -0.2) is 66.8 Å². The molecule has 3 fully saturated rings. The third kappa shape index (κ3) is 6.69. The lowest BCUT2D eigenvalue weighted by Gasteiger charge is -2.33. The number of hydrogen-bond acceptors (Lipinski definition) is 5. The molecule has 2 heterocycles. The topological polar surface area (TPSA) is 134 Å². The van der Waals surface area contributed by atoms with Gasteiger partial charge in [0.1, 0.15) is 11.5 Å². The van der Waals surface area contributed by atoms with E-state index >= 15 is 0 Å². The van der Waals surface area contributed by atoms with E-state index < -0.39 is 23.3 Å². The molecule has 1 aromatic rings. The van der Waals surface area contributed by atoms with Gasteiger partial charge in [0.2, 0.25) is 23.6 Å². The maximum Gasteiger partial charge on any atom is 0.242 e. The lowest BCUT2D eigenvalue weighted by atomic mass is 9.84. The Kier molecular flexibility index (Phi) is 9.18. The van der Waals surface area contributed by atoms with E-state index in [9.17, 15) is 19.2 Å². The van der Waals surface area contributed by atoms with Crippen molar-refractivity contribution in [2.75, 3.05) is 26.2 Å². The maximum absolute atomic E-state index is 13.2. The number of benzene rings is 1. The van der Waals surface area contributed by atoms with Crippen LogP contribution in [0.25, 0.3) is 0 Å². The molecule has 0 aromatic heterocycles. The second-order valence-electron chi connectivity index (χ2n) is 10.9. The Labute approximate surface area is 219 Å². The third-order valence-electron chi connectivity index (χ3n) is 8.40. The first kappa shape index (κ1) is 27.1. The van der Waals surface area contributed by atoms with Gasteiger partial charge in [0, 0.05) is 26.1 Å². The molecule has 1 aliphatic carbocycles. The summed E-state index contributed by atoms with van der Waals surface area (Å²) < 4.78 is 0. The largest absolute Gasteiger partial charge is 0.369 e. The van der Waals surface area contributed by atoms with Crippen molar-refractivity contribution < 1.29 is 19.2 Å². The second-order valence-corrected chi connectivity index (χ2v) is 10.9. The predicted molar refractivity (Wildman–Crippen MR) is 140 cm³/mol. The fourth-order valence-electron chi connectivity index (χ4n) is 6.00. The molecule has 9 heteroatoms. The highest BCUT2D eigenvalue weighted by molar-refractivity contribution is 6.05. The zero-order valence-corrected chi connectivity index (χ0v) is 21.7. The molecule has 4 amide bonds. The molecule has 0 radical (unpaired) electrons. The van der Waals surface area contributed by atoms with E-state index in [1.807, 2.05) is 35.2 Å². The molecule has 1 aromatic carbocycles. The Morgan fingerprint density at radius 3 is 2.35 bits per heavy atom. The summed E-state index contributed by atoms with van der Waals surface area (Å²) in [6.45, 7) is 2.95. The summed E-state index contributed by atoms with van der Waals surface area (Å²) in [4.78, 5) is 53.2. The monoisotopic (exact) mass is 511 g/mol. The van der Waals surface area contributed by atoms with Crippen molar-refractivity contribution in [3.63, 3.8) is 0 Å². The summed E-state index contributed by atoms with van der Waals surface area (Å²) in [6.07, 6.45) is 7.39. The molecule has 4 rings (SSSR count). The van der Waals surface area contributed by atoms with Crippen LogP contribution in [0.5, 0.6) is 0 Å². The van der Waals surface area contributed by atoms with E-state index in [-0.39, 0.29) is 17.9 Å². The molecule has 1 saturated carbocycles. The van der Waals surface area contributed by atoms with Crippen LogP contribution < -0.4 is 21.7 Å². The van der Waals surface area contributed by atoms with Crippen molar-refractivity contribution >= 4 is 23.6 Å². The third-order valence-corrected chi connectivity index (χ3v) is 8.40. The first-order valence-corrected chi connectivity index (χ1v) is 13.8. The Morgan fingerprint density at radius 1 is 1.03 bits per heavy atom. The number of primary amides is 1. The fourth-order valence-corrected chi connectivity index (χ4v) is 6.00. The van der Waals surface area contributed by atoms with Gasteiger partial charge in [-0.25, -0.2) is 0 Å². The Morgan fingerprint density at radius 2 is 1.73 bits per heavy atom. The average Bonchev–Trinajstić information content (AvgIpc) is 3.62. The van der Waals surface area contributed by atoms with E-state index in [1.165, 1.54) is 0 Å². The summed E-state index contributed by atoms with van der Waals surface area (Å²) in [7, 11) is 0. The summed E-state index contributed by atoms with van der Waals surface area (Å²) in [5.41, 5.74) is 5.34. The molecule has 202 valence electrons. The van der Waals surface area contributed by atoms with Gasteiger partial charge in [-0.2, -0.15) is 0 Å². The minimum atomic E-state index is -1.23. The normalized spacial score (nSPS) is 22.4. The minimum Gasteiger partial charge on any atom is -0.369 e. The Hall–Kier alpha value is -2.94. The quantitative estimate of drug-likeness (QED) is 0.351. The highest BCUT2D eigenvalue weighted by Gasteiger charge is 2.47. The molecule has 2 atom stereocenters. The number of nitrogens with two attached hydrogens (primary N) is 1. The van der Waals surface area contributed by atoms with Gasteiger partial charge in [-0.1, -0.05) is 43.2 Å². The van der Waals surface area contributed by atoms with E-state index in [4.69, 9.17) is 5.73 Å². The zero-order valence-electron chi connectivity index (χ0n) is 21.7. The van der Waals surface area contributed by atoms with Gasteiger partial charge < -0.3 is 26.6 Å². The zero-order chi connectivity index (χ0) is 26.3. The molecule has 2 aliphatic heterocycles. The van der Waals surface area contributed by atoms with Crippen LogP contribution in [0.4, 0.5) is 0 Å². The Bertz CT molecular complexity index is 949. The van der Waals surface area contributed by atoms with Gasteiger partial charge >= 0.3 is 0 Å². The molecule has 0 bridgehead atoms. The molecule has 5 N–H and O–H groups in total. The molecule has 3 aliphatic rings. The minimum absolute atomic E-state index is 0.0227. The van der Waals surface area contributed by atoms with Crippen LogP contribution in [0.15, 0.2) is 30.3 Å². The highest BCUT2D eigenvalue weighted by Crippen LogP contribution is 2.38. The number of rotatable bonds is 10. The van der Waals surface area contributed by atoms with Crippen LogP contribution in [0.3, 0.4) is 0 Å². The first-order valence-electron chi connectivity index (χ1n) is 13.8. The van der Waals surface area contributed by atoms with Gasteiger partial charge in [0.05, 0.1) is 6.04 Å². The summed E-state index contributed by atoms with van der Waals surface area (Å²) >= 11 is 0. The van der Waals surface area contributed by atoms with Crippen LogP contribution >= 0.6 is 0 Å². The van der Waals surface area contributed by atoms with Crippen LogP contribution in [0.1, 0.15) is 63.4 Å². The number of nitrogens with zero attached hydrogens (tertiary/aromatic N) is 1. The van der Waals surface area contributed by atoms with Crippen molar-refractivity contribution in [3.8, 4) is 0 Å². The summed E-state index contributed by atoms with van der Waals surface area (Å²) in [5, 5.41) is 9.15. The van der Waals surface area contributed by atoms with E-state index in [2.05, 4.69) is 16.0 Å². The summed E-state index contributed by atoms with van der Waals surface area (Å²) in [5.74, 6) is -0.647. The van der Waals surface area contributed by atoms with Crippen molar-refractivity contribution in [3.05, 3.63) is 35.9 Å². The smallest absolute Gasteiger partial charge is 0.242 e. The van der Waals surface area contributed by atoms with Gasteiger partial charge in [0.15, 0.2) is 0 Å². The van der Waals surface area contributed by atoms with Gasteiger partial charge in [-0.05, 0) is 63.0 Å². The van der Waals surface area contributed by atoms with Gasteiger partial charge in [-0.15, -0.1) is 0 Å². The maximum atomic E-state index is 13.2. The van der Waals surface area contributed by atoms with Crippen LogP contribution in [0, 0.1) is 11.3 Å². The molecular formula is C28H41N5O4. The van der Waals surface area contributed by atoms with Crippen LogP contribution in [0.2, 0.25) is 0 Å². The van der Waals surface area contributed by atoms with Gasteiger partial charge in [0.25, 0.3) is 0 Å². The number of nitrogens with one attached hydrogen (secondary N) is 3. The van der Waals surface area contributed by atoms with E-state index in [0.717, 1.165) is 70.1 Å². The van der Waals surface area contributed by atoms with Crippen molar-refractivity contribution in [2.24, 2.45) is 17.1 Å².